The monoisotopic (exact) mass is 424 g/mol. The van der Waals surface area contributed by atoms with Gasteiger partial charge in [0.1, 0.15) is 6.17 Å². The number of aliphatic imine (C=N–C) groups is 1. The van der Waals surface area contributed by atoms with Gasteiger partial charge in [-0.05, 0) is 18.9 Å². The van der Waals surface area contributed by atoms with Gasteiger partial charge in [0.25, 0.3) is 0 Å². The molecular weight excluding hydrogens is 395 g/mol. The molecule has 0 spiro atoms. The average Bonchev–Trinajstić information content (AvgIpc) is 3.42. The molecule has 1 saturated heterocycles. The lowest BCUT2D eigenvalue weighted by Gasteiger charge is -2.33. The van der Waals surface area contributed by atoms with Crippen molar-refractivity contribution in [1.82, 2.24) is 29.3 Å². The molecule has 0 radical (unpaired) electrons. The van der Waals surface area contributed by atoms with Crippen molar-refractivity contribution in [2.75, 3.05) is 26.2 Å². The molecule has 0 saturated carbocycles. The normalized spacial score (nSPS) is 16.1. The van der Waals surface area contributed by atoms with Crippen LogP contribution in [0.1, 0.15) is 38.4 Å². The first-order valence-electron chi connectivity index (χ1n) is 10.8. The number of hydrogen-bond donors (Lipinski definition) is 1. The number of aromatic nitrogens is 5. The van der Waals surface area contributed by atoms with Gasteiger partial charge < -0.3 is 5.73 Å². The Morgan fingerprint density at radius 3 is 2.81 bits per heavy atom. The summed E-state index contributed by atoms with van der Waals surface area (Å²) in [6.45, 7) is 6.66. The average molecular weight is 425 g/mol. The molecule has 1 fully saturated rings. The number of allylic oxidation sites excluding steroid dienone is 1. The third-order valence-corrected chi connectivity index (χ3v) is 5.74. The minimum absolute atomic E-state index is 0.364. The van der Waals surface area contributed by atoms with Crippen molar-refractivity contribution < 1.29 is 4.39 Å². The first kappa shape index (κ1) is 21.2. The van der Waals surface area contributed by atoms with E-state index in [1.807, 2.05) is 34.2 Å². The number of likely N-dealkylation sites (tertiary alicyclic amines) is 1. The van der Waals surface area contributed by atoms with Crippen LogP contribution >= 0.6 is 0 Å². The first-order chi connectivity index (χ1) is 15.1. The fourth-order valence-corrected chi connectivity index (χ4v) is 3.85. The van der Waals surface area contributed by atoms with E-state index in [1.165, 1.54) is 6.20 Å². The molecule has 2 N–H and O–H groups in total. The molecular formula is C22H29FN8. The summed E-state index contributed by atoms with van der Waals surface area (Å²) in [6, 6.07) is 2.30. The number of nitrogens with two attached hydrogens (primary N) is 1. The van der Waals surface area contributed by atoms with E-state index in [9.17, 15) is 4.39 Å². The van der Waals surface area contributed by atoms with Gasteiger partial charge in [0.05, 0.1) is 48.1 Å². The lowest BCUT2D eigenvalue weighted by molar-refractivity contribution is 0.0691. The molecule has 4 rings (SSSR count). The van der Waals surface area contributed by atoms with Crippen LogP contribution in [-0.2, 0) is 0 Å². The Kier molecular flexibility index (Phi) is 6.41. The molecule has 31 heavy (non-hydrogen) atoms. The molecule has 164 valence electrons. The van der Waals surface area contributed by atoms with Crippen molar-refractivity contribution in [1.29, 1.82) is 0 Å². The largest absolute Gasteiger partial charge is 0.404 e. The van der Waals surface area contributed by atoms with Crippen LogP contribution in [0.25, 0.3) is 22.3 Å². The standard InChI is InChI=1S/C22H29FN8/c1-3-19(4-2)30-12-17(11-27-30)22-21-5-6-26-31(21)15-20(28-22)16(9-24)10-25-7-8-29-13-18(23)14-29/h5-6,9-12,15,18-19H,3-4,7-8,13-14,24H2,1-2H3. The van der Waals surface area contributed by atoms with E-state index in [4.69, 9.17) is 10.7 Å². The van der Waals surface area contributed by atoms with Crippen molar-refractivity contribution in [3.63, 3.8) is 0 Å². The van der Waals surface area contributed by atoms with E-state index >= 15 is 0 Å². The van der Waals surface area contributed by atoms with Gasteiger partial charge in [-0.25, -0.2) is 13.9 Å². The molecule has 3 aromatic heterocycles. The van der Waals surface area contributed by atoms with Gasteiger partial charge in [-0.1, -0.05) is 13.8 Å². The zero-order valence-corrected chi connectivity index (χ0v) is 18.0. The highest BCUT2D eigenvalue weighted by Crippen LogP contribution is 2.26. The third kappa shape index (κ3) is 4.51. The van der Waals surface area contributed by atoms with Gasteiger partial charge >= 0.3 is 0 Å². The van der Waals surface area contributed by atoms with Crippen LogP contribution in [0.3, 0.4) is 0 Å². The molecule has 0 atom stereocenters. The van der Waals surface area contributed by atoms with Crippen molar-refractivity contribution in [3.05, 3.63) is 42.7 Å². The summed E-state index contributed by atoms with van der Waals surface area (Å²) in [4.78, 5) is 11.4. The predicted octanol–water partition coefficient (Wildman–Crippen LogP) is 2.98. The summed E-state index contributed by atoms with van der Waals surface area (Å²) in [5.41, 5.74) is 9.92. The summed E-state index contributed by atoms with van der Waals surface area (Å²) in [5.74, 6) is 0. The van der Waals surface area contributed by atoms with Gasteiger partial charge in [-0.2, -0.15) is 10.2 Å². The summed E-state index contributed by atoms with van der Waals surface area (Å²) in [5, 5.41) is 8.96. The zero-order chi connectivity index (χ0) is 21.8. The number of rotatable bonds is 9. The van der Waals surface area contributed by atoms with Gasteiger partial charge in [0.2, 0.25) is 0 Å². The highest BCUT2D eigenvalue weighted by molar-refractivity contribution is 6.09. The number of hydrogen-bond acceptors (Lipinski definition) is 6. The molecule has 4 heterocycles. The fraction of sp³-hybridized carbons (Fsp3) is 0.455. The van der Waals surface area contributed by atoms with E-state index in [2.05, 4.69) is 29.0 Å². The zero-order valence-electron chi connectivity index (χ0n) is 18.0. The Morgan fingerprint density at radius 2 is 2.10 bits per heavy atom. The van der Waals surface area contributed by atoms with E-state index in [1.54, 1.807) is 16.9 Å². The molecule has 1 aliphatic heterocycles. The summed E-state index contributed by atoms with van der Waals surface area (Å²) in [7, 11) is 0. The topological polar surface area (TPSA) is 89.6 Å². The van der Waals surface area contributed by atoms with Crippen molar-refractivity contribution in [2.24, 2.45) is 10.7 Å². The van der Waals surface area contributed by atoms with Crippen LogP contribution in [0, 0.1) is 0 Å². The third-order valence-electron chi connectivity index (χ3n) is 5.74. The SMILES string of the molecule is CCC(CC)n1cc(-c2nc(C(C=NCCN3CC(F)C3)=CN)cn3nccc23)cn1. The molecule has 0 aromatic carbocycles. The molecule has 9 heteroatoms. The number of halogens is 1. The van der Waals surface area contributed by atoms with Gasteiger partial charge in [0, 0.05) is 49.4 Å². The number of nitrogens with zero attached hydrogens (tertiary/aromatic N) is 7. The Labute approximate surface area is 181 Å². The lowest BCUT2D eigenvalue weighted by Crippen LogP contribution is -2.49. The van der Waals surface area contributed by atoms with Gasteiger partial charge in [-0.15, -0.1) is 0 Å². The highest BCUT2D eigenvalue weighted by atomic mass is 19.1. The molecule has 1 aliphatic rings. The molecule has 8 nitrogen and oxygen atoms in total. The van der Waals surface area contributed by atoms with Gasteiger partial charge in [-0.3, -0.25) is 14.6 Å². The maximum Gasteiger partial charge on any atom is 0.125 e. The van der Waals surface area contributed by atoms with Crippen LogP contribution in [0.2, 0.25) is 0 Å². The van der Waals surface area contributed by atoms with Gasteiger partial charge in [0.15, 0.2) is 0 Å². The number of alkyl halides is 1. The second kappa shape index (κ2) is 9.38. The maximum absolute atomic E-state index is 12.9. The molecule has 0 amide bonds. The van der Waals surface area contributed by atoms with E-state index in [0.717, 1.165) is 36.2 Å². The Bertz CT molecular complexity index is 1070. The number of fused-ring (bicyclic) bond motifs is 1. The predicted molar refractivity (Wildman–Crippen MR) is 121 cm³/mol. The highest BCUT2D eigenvalue weighted by Gasteiger charge is 2.24. The Balaban J connectivity index is 1.59. The summed E-state index contributed by atoms with van der Waals surface area (Å²) < 4.78 is 16.7. The van der Waals surface area contributed by atoms with Crippen molar-refractivity contribution in [3.8, 4) is 11.3 Å². The summed E-state index contributed by atoms with van der Waals surface area (Å²) >= 11 is 0. The van der Waals surface area contributed by atoms with Crippen LogP contribution in [0.5, 0.6) is 0 Å². The fourth-order valence-electron chi connectivity index (χ4n) is 3.85. The van der Waals surface area contributed by atoms with E-state index in [-0.39, 0.29) is 0 Å². The summed E-state index contributed by atoms with van der Waals surface area (Å²) in [6.07, 6.45) is 12.1. The van der Waals surface area contributed by atoms with Crippen LogP contribution in [0.4, 0.5) is 4.39 Å². The molecule has 0 aliphatic carbocycles. The second-order valence-corrected chi connectivity index (χ2v) is 7.83. The van der Waals surface area contributed by atoms with Crippen LogP contribution in [-0.4, -0.2) is 67.8 Å². The Hall–Kier alpha value is -3.07. The lowest BCUT2D eigenvalue weighted by atomic mass is 10.1. The molecule has 0 unspecified atom stereocenters. The van der Waals surface area contributed by atoms with Crippen molar-refractivity contribution in [2.45, 2.75) is 38.9 Å². The minimum atomic E-state index is -0.693. The maximum atomic E-state index is 12.9. The Morgan fingerprint density at radius 1 is 1.29 bits per heavy atom. The van der Waals surface area contributed by atoms with Crippen LogP contribution in [0.15, 0.2) is 42.0 Å². The molecule has 3 aromatic rings. The molecule has 0 bridgehead atoms. The quantitative estimate of drug-likeness (QED) is 0.534. The minimum Gasteiger partial charge on any atom is -0.404 e. The smallest absolute Gasteiger partial charge is 0.125 e. The van der Waals surface area contributed by atoms with Crippen molar-refractivity contribution >= 4 is 17.3 Å². The van der Waals surface area contributed by atoms with E-state index in [0.29, 0.717) is 36.9 Å². The van der Waals surface area contributed by atoms with E-state index < -0.39 is 6.17 Å². The second-order valence-electron chi connectivity index (χ2n) is 7.83. The van der Waals surface area contributed by atoms with Crippen LogP contribution < -0.4 is 5.73 Å². The first-order valence-corrected chi connectivity index (χ1v) is 10.8.